The summed E-state index contributed by atoms with van der Waals surface area (Å²) < 4.78 is 109. The fourth-order valence-corrected chi connectivity index (χ4v) is 8.01. The van der Waals surface area contributed by atoms with Crippen LogP contribution in [0.1, 0.15) is 40.9 Å². The summed E-state index contributed by atoms with van der Waals surface area (Å²) in [7, 11) is -2.63. The fraction of sp³-hybridized carbons (Fsp3) is 0.485. The molecule has 0 amide bonds. The number of nitrogens with one attached hydrogen (secondary N) is 1. The van der Waals surface area contributed by atoms with Gasteiger partial charge in [-0.3, -0.25) is 9.88 Å². The number of methoxy groups -OCH3 is 1. The minimum Gasteiger partial charge on any atom is -0.461 e. The van der Waals surface area contributed by atoms with Crippen LogP contribution in [0.5, 0.6) is 6.01 Å². The van der Waals surface area contributed by atoms with Crippen molar-refractivity contribution in [3.8, 4) is 17.3 Å². The predicted molar refractivity (Wildman–Crippen MR) is 167 cm³/mol. The van der Waals surface area contributed by atoms with Crippen LogP contribution in [0.15, 0.2) is 36.6 Å². The Morgan fingerprint density at radius 2 is 1.89 bits per heavy atom. The third-order valence-electron chi connectivity index (χ3n) is 9.84. The Bertz CT molecular complexity index is 1900. The SMILES string of the molecule is [2H]C([2H])([2H])OCC12CCC(CN(c3nc(OCC45CC(=C)CN4CC(=C)C5)nc4c(F)c(-c5c(F)c(N)cc(C)c5C(F)(F)F)ncc34)C1)N2. The van der Waals surface area contributed by atoms with Crippen molar-refractivity contribution in [1.29, 1.82) is 0 Å². The summed E-state index contributed by atoms with van der Waals surface area (Å²) in [6.45, 7) is 11.2. The number of nitrogens with zero attached hydrogens (tertiary/aromatic N) is 5. The number of hydrogen-bond donors (Lipinski definition) is 2. The molecule has 0 aliphatic carbocycles. The second-order valence-corrected chi connectivity index (χ2v) is 13.4. The molecule has 0 saturated carbocycles. The summed E-state index contributed by atoms with van der Waals surface area (Å²) in [5, 5.41) is 3.50. The molecule has 2 unspecified atom stereocenters. The van der Waals surface area contributed by atoms with Crippen molar-refractivity contribution >= 4 is 22.4 Å². The number of pyridine rings is 1. The first-order valence-corrected chi connectivity index (χ1v) is 15.3. The maximum Gasteiger partial charge on any atom is 0.417 e. The lowest BCUT2D eigenvalue weighted by Gasteiger charge is -2.41. The van der Waals surface area contributed by atoms with E-state index in [1.165, 1.54) is 0 Å². The molecule has 14 heteroatoms. The lowest BCUT2D eigenvalue weighted by molar-refractivity contribution is -0.137. The molecule has 1 aromatic carbocycles. The second kappa shape index (κ2) is 11.1. The van der Waals surface area contributed by atoms with Crippen molar-refractivity contribution < 1.29 is 35.5 Å². The maximum absolute atomic E-state index is 16.7. The summed E-state index contributed by atoms with van der Waals surface area (Å²) in [6.07, 6.45) is -1.39. The topological polar surface area (TPSA) is 102 Å². The molecule has 4 aliphatic heterocycles. The van der Waals surface area contributed by atoms with Gasteiger partial charge < -0.3 is 25.4 Å². The first-order chi connectivity index (χ1) is 23.4. The van der Waals surface area contributed by atoms with Gasteiger partial charge in [0.05, 0.1) is 44.0 Å². The van der Waals surface area contributed by atoms with Gasteiger partial charge in [0, 0.05) is 45.5 Å². The van der Waals surface area contributed by atoms with E-state index in [1.807, 2.05) is 4.90 Å². The molecule has 2 bridgehead atoms. The van der Waals surface area contributed by atoms with Crippen LogP contribution in [0.4, 0.5) is 33.5 Å². The molecule has 0 radical (unpaired) electrons. The van der Waals surface area contributed by atoms with Gasteiger partial charge in [-0.25, -0.2) is 8.78 Å². The minimum atomic E-state index is -5.06. The predicted octanol–water partition coefficient (Wildman–Crippen LogP) is 5.18. The summed E-state index contributed by atoms with van der Waals surface area (Å²) in [5.74, 6) is -2.60. The molecule has 4 saturated heterocycles. The monoisotopic (exact) mass is 660 g/mol. The molecular formula is C33H36F5N7O2. The van der Waals surface area contributed by atoms with Crippen molar-refractivity contribution in [2.75, 3.05) is 57.1 Å². The van der Waals surface area contributed by atoms with Crippen molar-refractivity contribution in [2.45, 2.75) is 55.9 Å². The smallest absolute Gasteiger partial charge is 0.417 e. The second-order valence-electron chi connectivity index (χ2n) is 13.4. The van der Waals surface area contributed by atoms with Crippen LogP contribution >= 0.6 is 0 Å². The Morgan fingerprint density at radius 3 is 2.60 bits per heavy atom. The first-order valence-electron chi connectivity index (χ1n) is 16.8. The van der Waals surface area contributed by atoms with Crippen LogP contribution in [0.3, 0.4) is 0 Å². The largest absolute Gasteiger partial charge is 0.461 e. The molecule has 9 nitrogen and oxygen atoms in total. The number of alkyl halides is 3. The van der Waals surface area contributed by atoms with E-state index in [9.17, 15) is 13.2 Å². The highest BCUT2D eigenvalue weighted by atomic mass is 19.4. The molecular weight excluding hydrogens is 621 g/mol. The average Bonchev–Trinajstić information content (AvgIpc) is 3.60. The van der Waals surface area contributed by atoms with Gasteiger partial charge in [-0.05, 0) is 44.2 Å². The highest BCUT2D eigenvalue weighted by Crippen LogP contribution is 2.45. The van der Waals surface area contributed by atoms with Gasteiger partial charge in [0.2, 0.25) is 0 Å². The fourth-order valence-electron chi connectivity index (χ4n) is 8.01. The molecule has 2 atom stereocenters. The number of aryl methyl sites for hydroxylation is 1. The number of nitrogens with two attached hydrogens (primary N) is 1. The molecule has 3 N–H and O–H groups in total. The average molecular weight is 661 g/mol. The summed E-state index contributed by atoms with van der Waals surface area (Å²) in [5.41, 5.74) is 1.64. The molecule has 7 rings (SSSR count). The van der Waals surface area contributed by atoms with Gasteiger partial charge in [0.15, 0.2) is 11.6 Å². The van der Waals surface area contributed by atoms with Crippen LogP contribution in [0, 0.1) is 18.6 Å². The molecule has 4 fully saturated rings. The first kappa shape index (κ1) is 28.2. The highest BCUT2D eigenvalue weighted by molar-refractivity contribution is 5.92. The molecule has 2 aromatic heterocycles. The van der Waals surface area contributed by atoms with Crippen LogP contribution in [-0.2, 0) is 10.9 Å². The Hall–Kier alpha value is -3.88. The summed E-state index contributed by atoms with van der Waals surface area (Å²) in [4.78, 5) is 17.1. The number of ether oxygens (including phenoxy) is 2. The Labute approximate surface area is 272 Å². The standard InChI is InChI=1S/C33H36F5N7O2/c1-17-8-32(9-18(2)12-45(32)11-17)16-47-30-41-27-21(29(42-30)44-13-20-5-6-31(14-44,43-20)15-46-4)10-40-28(26(27)35)23-24(33(36,37)38)19(3)7-22(39)25(23)34/h7,10,20,43H,1-2,5-6,8-9,11-16,39H2,3-4H3/i4D3. The molecule has 0 spiro atoms. The van der Waals surface area contributed by atoms with E-state index in [4.69, 9.17) is 19.3 Å². The van der Waals surface area contributed by atoms with E-state index in [1.54, 1.807) is 0 Å². The molecule has 3 aromatic rings. The van der Waals surface area contributed by atoms with E-state index in [2.05, 4.69) is 38.3 Å². The van der Waals surface area contributed by atoms with Crippen LogP contribution in [0.25, 0.3) is 22.2 Å². The zero-order valence-corrected chi connectivity index (χ0v) is 25.7. The lowest BCUT2D eigenvalue weighted by Crippen LogP contribution is -2.61. The number of aromatic nitrogens is 3. The quantitative estimate of drug-likeness (QED) is 0.202. The van der Waals surface area contributed by atoms with Gasteiger partial charge in [0.25, 0.3) is 0 Å². The molecule has 250 valence electrons. The van der Waals surface area contributed by atoms with Crippen molar-refractivity contribution in [3.63, 3.8) is 0 Å². The highest BCUT2D eigenvalue weighted by Gasteiger charge is 2.49. The van der Waals surface area contributed by atoms with Gasteiger partial charge in [-0.2, -0.15) is 23.1 Å². The lowest BCUT2D eigenvalue weighted by atomic mass is 9.92. The zero-order chi connectivity index (χ0) is 36.0. The van der Waals surface area contributed by atoms with E-state index in [-0.39, 0.29) is 43.0 Å². The van der Waals surface area contributed by atoms with Gasteiger partial charge >= 0.3 is 12.2 Å². The number of piperazine rings is 1. The van der Waals surface area contributed by atoms with Crippen molar-refractivity contribution in [3.05, 3.63) is 59.3 Å². The van der Waals surface area contributed by atoms with E-state index in [0.717, 1.165) is 30.3 Å². The third-order valence-corrected chi connectivity index (χ3v) is 9.84. The van der Waals surface area contributed by atoms with Gasteiger partial charge in [-0.15, -0.1) is 0 Å². The number of hydrogen-bond acceptors (Lipinski definition) is 9. The zero-order valence-electron chi connectivity index (χ0n) is 28.7. The number of rotatable bonds is 7. The molecule has 4 aliphatic rings. The summed E-state index contributed by atoms with van der Waals surface area (Å²) >= 11 is 0. The number of nitrogen functional groups attached to an aromatic ring is 1. The minimum absolute atomic E-state index is 0.0460. The van der Waals surface area contributed by atoms with E-state index in [0.29, 0.717) is 45.3 Å². The van der Waals surface area contributed by atoms with Crippen LogP contribution < -0.4 is 20.7 Å². The van der Waals surface area contributed by atoms with Crippen molar-refractivity contribution in [1.82, 2.24) is 25.2 Å². The molecule has 6 heterocycles. The van der Waals surface area contributed by atoms with Gasteiger partial charge in [0.1, 0.15) is 23.6 Å². The molecule has 47 heavy (non-hydrogen) atoms. The number of benzene rings is 1. The Morgan fingerprint density at radius 1 is 1.15 bits per heavy atom. The Kier molecular flexibility index (Phi) is 6.65. The van der Waals surface area contributed by atoms with E-state index < -0.39 is 69.5 Å². The van der Waals surface area contributed by atoms with Crippen LogP contribution in [0.2, 0.25) is 0 Å². The van der Waals surface area contributed by atoms with Crippen LogP contribution in [-0.4, -0.2) is 83.4 Å². The Balaban J connectivity index is 1.36. The number of anilines is 2. The number of halogens is 5. The van der Waals surface area contributed by atoms with E-state index >= 15 is 8.78 Å². The maximum atomic E-state index is 16.7. The summed E-state index contributed by atoms with van der Waals surface area (Å²) in [6, 6.07) is 0.498. The van der Waals surface area contributed by atoms with Crippen molar-refractivity contribution in [2.24, 2.45) is 0 Å². The third kappa shape index (κ3) is 5.30. The van der Waals surface area contributed by atoms with Gasteiger partial charge in [-0.1, -0.05) is 24.3 Å². The number of fused-ring (bicyclic) bond motifs is 4. The normalized spacial score (nSPS) is 25.3.